The number of hydrogen-bond donors (Lipinski definition) is 1. The third kappa shape index (κ3) is 3.51. The van der Waals surface area contributed by atoms with Gasteiger partial charge in [-0.15, -0.1) is 6.58 Å². The number of rotatable bonds is 6. The van der Waals surface area contributed by atoms with Crippen molar-refractivity contribution in [3.63, 3.8) is 0 Å². The molecule has 21 heavy (non-hydrogen) atoms. The summed E-state index contributed by atoms with van der Waals surface area (Å²) in [5.74, 6) is 1.46. The molecule has 2 aromatic rings. The van der Waals surface area contributed by atoms with E-state index in [1.807, 2.05) is 12.1 Å². The van der Waals surface area contributed by atoms with Crippen molar-refractivity contribution < 1.29 is 9.53 Å². The van der Waals surface area contributed by atoms with Gasteiger partial charge in [0.2, 0.25) is 0 Å². The Labute approximate surface area is 124 Å². The highest BCUT2D eigenvalue weighted by Crippen LogP contribution is 2.21. The van der Waals surface area contributed by atoms with E-state index >= 15 is 0 Å². The first-order valence-electron chi connectivity index (χ1n) is 6.67. The van der Waals surface area contributed by atoms with Crippen molar-refractivity contribution in [3.8, 4) is 5.75 Å². The molecule has 0 radical (unpaired) electrons. The number of ether oxygens (including phenoxy) is 1. The molecule has 5 heteroatoms. The molecule has 0 aliphatic heterocycles. The van der Waals surface area contributed by atoms with Crippen molar-refractivity contribution in [1.82, 2.24) is 14.9 Å². The molecule has 0 aliphatic carbocycles. The molecule has 0 bridgehead atoms. The summed E-state index contributed by atoms with van der Waals surface area (Å²) in [6.07, 6.45) is 5.86. The van der Waals surface area contributed by atoms with Crippen LogP contribution in [0.15, 0.2) is 43.2 Å². The molecular formula is C16H19N3O2. The maximum Gasteiger partial charge on any atom is 0.254 e. The van der Waals surface area contributed by atoms with Gasteiger partial charge in [0, 0.05) is 25.0 Å². The first kappa shape index (κ1) is 14.8. The third-order valence-corrected chi connectivity index (χ3v) is 3.18. The number of methoxy groups -OCH3 is 1. The minimum absolute atomic E-state index is 0.0561. The van der Waals surface area contributed by atoms with E-state index in [2.05, 4.69) is 16.5 Å². The van der Waals surface area contributed by atoms with Crippen LogP contribution in [0, 0.1) is 0 Å². The van der Waals surface area contributed by atoms with Crippen molar-refractivity contribution in [2.75, 3.05) is 14.2 Å². The fourth-order valence-corrected chi connectivity index (χ4v) is 2.13. The predicted molar refractivity (Wildman–Crippen MR) is 81.3 cm³/mol. The third-order valence-electron chi connectivity index (χ3n) is 3.18. The van der Waals surface area contributed by atoms with E-state index < -0.39 is 0 Å². The Hall–Kier alpha value is -2.56. The zero-order chi connectivity index (χ0) is 15.2. The second-order valence-corrected chi connectivity index (χ2v) is 4.72. The van der Waals surface area contributed by atoms with Crippen LogP contribution in [0.5, 0.6) is 5.75 Å². The van der Waals surface area contributed by atoms with Gasteiger partial charge in [-0.3, -0.25) is 4.79 Å². The Kier molecular flexibility index (Phi) is 4.77. The molecule has 2 rings (SSSR count). The molecule has 0 saturated carbocycles. The summed E-state index contributed by atoms with van der Waals surface area (Å²) in [5.41, 5.74) is 1.58. The maximum atomic E-state index is 12.4. The smallest absolute Gasteiger partial charge is 0.254 e. The number of aromatic nitrogens is 2. The summed E-state index contributed by atoms with van der Waals surface area (Å²) in [7, 11) is 3.37. The molecule has 0 unspecified atom stereocenters. The van der Waals surface area contributed by atoms with Crippen LogP contribution in [0.1, 0.15) is 21.7 Å². The lowest BCUT2D eigenvalue weighted by atomic mass is 10.1. The van der Waals surface area contributed by atoms with Crippen molar-refractivity contribution in [1.29, 1.82) is 0 Å². The highest BCUT2D eigenvalue weighted by atomic mass is 16.5. The summed E-state index contributed by atoms with van der Waals surface area (Å²) in [6, 6.07) is 5.43. The van der Waals surface area contributed by atoms with Gasteiger partial charge in [0.1, 0.15) is 11.6 Å². The minimum atomic E-state index is -0.0561. The van der Waals surface area contributed by atoms with E-state index in [1.54, 1.807) is 43.6 Å². The van der Waals surface area contributed by atoms with Crippen molar-refractivity contribution in [2.45, 2.75) is 13.0 Å². The summed E-state index contributed by atoms with van der Waals surface area (Å²) in [5, 5.41) is 0. The monoisotopic (exact) mass is 285 g/mol. The van der Waals surface area contributed by atoms with E-state index in [1.165, 1.54) is 0 Å². The number of nitrogens with zero attached hydrogens (tertiary/aromatic N) is 2. The van der Waals surface area contributed by atoms with Crippen LogP contribution >= 0.6 is 0 Å². The first-order chi connectivity index (χ1) is 10.2. The lowest BCUT2D eigenvalue weighted by molar-refractivity contribution is 0.0781. The molecule has 0 atom stereocenters. The largest absolute Gasteiger partial charge is 0.496 e. The zero-order valence-corrected chi connectivity index (χ0v) is 12.3. The van der Waals surface area contributed by atoms with Crippen LogP contribution in [-0.2, 0) is 13.0 Å². The van der Waals surface area contributed by atoms with Gasteiger partial charge in [0.15, 0.2) is 0 Å². The molecule has 1 aromatic heterocycles. The Bertz CT molecular complexity index is 620. The average Bonchev–Trinajstić information content (AvgIpc) is 2.99. The fourth-order valence-electron chi connectivity index (χ4n) is 2.13. The molecule has 1 amide bonds. The number of carbonyl (C=O) groups excluding carboxylic acids is 1. The van der Waals surface area contributed by atoms with E-state index in [9.17, 15) is 4.79 Å². The Morgan fingerprint density at radius 3 is 2.95 bits per heavy atom. The van der Waals surface area contributed by atoms with Crippen molar-refractivity contribution >= 4 is 5.91 Å². The summed E-state index contributed by atoms with van der Waals surface area (Å²) in [4.78, 5) is 21.2. The lowest BCUT2D eigenvalue weighted by Gasteiger charge is -2.17. The number of benzene rings is 1. The van der Waals surface area contributed by atoms with Gasteiger partial charge in [-0.05, 0) is 30.2 Å². The molecule has 1 aromatic carbocycles. The van der Waals surface area contributed by atoms with Gasteiger partial charge in [0.25, 0.3) is 5.91 Å². The quantitative estimate of drug-likeness (QED) is 0.829. The van der Waals surface area contributed by atoms with Crippen LogP contribution in [0.2, 0.25) is 0 Å². The van der Waals surface area contributed by atoms with Gasteiger partial charge in [-0.2, -0.15) is 0 Å². The minimum Gasteiger partial charge on any atom is -0.496 e. The Morgan fingerprint density at radius 1 is 1.52 bits per heavy atom. The highest BCUT2D eigenvalue weighted by Gasteiger charge is 2.15. The molecule has 0 fully saturated rings. The van der Waals surface area contributed by atoms with Gasteiger partial charge in [0.05, 0.1) is 13.7 Å². The number of H-pyrrole nitrogens is 1. The number of aromatic amines is 1. The summed E-state index contributed by atoms with van der Waals surface area (Å²) >= 11 is 0. The number of allylic oxidation sites excluding steroid dienone is 1. The molecule has 0 saturated heterocycles. The number of nitrogens with one attached hydrogen (secondary N) is 1. The topological polar surface area (TPSA) is 58.2 Å². The fraction of sp³-hybridized carbons (Fsp3) is 0.250. The number of imidazole rings is 1. The molecule has 5 nitrogen and oxygen atoms in total. The van der Waals surface area contributed by atoms with Crippen molar-refractivity contribution in [3.05, 3.63) is 60.2 Å². The van der Waals surface area contributed by atoms with Gasteiger partial charge in [-0.25, -0.2) is 4.98 Å². The van der Waals surface area contributed by atoms with Crippen molar-refractivity contribution in [2.24, 2.45) is 0 Å². The molecule has 1 heterocycles. The Balaban J connectivity index is 2.18. The summed E-state index contributed by atoms with van der Waals surface area (Å²) in [6.45, 7) is 4.17. The van der Waals surface area contributed by atoms with Gasteiger partial charge >= 0.3 is 0 Å². The highest BCUT2D eigenvalue weighted by molar-refractivity contribution is 5.94. The standard InChI is InChI=1S/C16H19N3O2/c1-4-5-12-10-13(6-7-14(12)21-3)16(20)19(2)11-15-17-8-9-18-15/h4,6-10H,1,5,11H2,2-3H3,(H,17,18). The van der Waals surface area contributed by atoms with Gasteiger partial charge < -0.3 is 14.6 Å². The van der Waals surface area contributed by atoms with Gasteiger partial charge in [-0.1, -0.05) is 6.08 Å². The second kappa shape index (κ2) is 6.74. The second-order valence-electron chi connectivity index (χ2n) is 4.72. The molecule has 0 aliphatic rings. The molecule has 110 valence electrons. The maximum absolute atomic E-state index is 12.4. The average molecular weight is 285 g/mol. The molecular weight excluding hydrogens is 266 g/mol. The van der Waals surface area contributed by atoms with Crippen LogP contribution in [-0.4, -0.2) is 34.9 Å². The number of carbonyl (C=O) groups is 1. The van der Waals surface area contributed by atoms with E-state index in [4.69, 9.17) is 4.74 Å². The summed E-state index contributed by atoms with van der Waals surface area (Å²) < 4.78 is 5.29. The van der Waals surface area contributed by atoms with Crippen LogP contribution in [0.4, 0.5) is 0 Å². The van der Waals surface area contributed by atoms with Crippen LogP contribution in [0.3, 0.4) is 0 Å². The van der Waals surface area contributed by atoms with Crippen LogP contribution < -0.4 is 4.74 Å². The molecule has 0 spiro atoms. The lowest BCUT2D eigenvalue weighted by Crippen LogP contribution is -2.26. The predicted octanol–water partition coefficient (Wildman–Crippen LogP) is 2.42. The number of hydrogen-bond acceptors (Lipinski definition) is 3. The SMILES string of the molecule is C=CCc1cc(C(=O)N(C)Cc2ncc[nH]2)ccc1OC. The zero-order valence-electron chi connectivity index (χ0n) is 12.3. The first-order valence-corrected chi connectivity index (χ1v) is 6.67. The van der Waals surface area contributed by atoms with E-state index in [0.717, 1.165) is 17.1 Å². The van der Waals surface area contributed by atoms with E-state index in [-0.39, 0.29) is 5.91 Å². The normalized spacial score (nSPS) is 10.2. The molecule has 1 N–H and O–H groups in total. The van der Waals surface area contributed by atoms with Crippen LogP contribution in [0.25, 0.3) is 0 Å². The Morgan fingerprint density at radius 2 is 2.33 bits per heavy atom. The van der Waals surface area contributed by atoms with E-state index in [0.29, 0.717) is 18.5 Å². The number of amides is 1.